The number of aromatic amines is 1. The number of rotatable bonds is 29. The fourth-order valence-corrected chi connectivity index (χ4v) is 8.02. The van der Waals surface area contributed by atoms with Gasteiger partial charge in [-0.1, -0.05) is 64.0 Å². The summed E-state index contributed by atoms with van der Waals surface area (Å²) in [6.45, 7) is 7.38. The average molecular weight is 962 g/mol. The number of fused-ring (bicyclic) bond motifs is 5. The van der Waals surface area contributed by atoms with Crippen LogP contribution in [0.3, 0.4) is 0 Å². The molecule has 5 atom stereocenters. The lowest BCUT2D eigenvalue weighted by atomic mass is 9.93. The number of aromatic nitrogens is 4. The van der Waals surface area contributed by atoms with Crippen LogP contribution in [0.15, 0.2) is 36.4 Å². The number of Topliss-reactive ketones (excluding diaryl/α,β-unsaturated/α-hetero) is 1. The molecule has 1 aliphatic rings. The van der Waals surface area contributed by atoms with E-state index >= 15 is 0 Å². The van der Waals surface area contributed by atoms with Crippen molar-refractivity contribution in [2.75, 3.05) is 53.0 Å². The van der Waals surface area contributed by atoms with Gasteiger partial charge in [0.2, 0.25) is 41.1 Å². The second kappa shape index (κ2) is 29.8. The number of benzene rings is 2. The maximum Gasteiger partial charge on any atom is 0.248 e. The van der Waals surface area contributed by atoms with Gasteiger partial charge < -0.3 is 58.2 Å². The molecule has 0 fully saturated rings. The molecule has 1 aliphatic heterocycles. The van der Waals surface area contributed by atoms with Crippen LogP contribution in [0.5, 0.6) is 11.5 Å². The highest BCUT2D eigenvalue weighted by Gasteiger charge is 2.36. The van der Waals surface area contributed by atoms with Crippen LogP contribution in [0.25, 0.3) is 11.1 Å². The Bertz CT molecular complexity index is 2110. The standard InChI is InChI=1S/C48H75N13O8/c1-5-6-7-8-9-10-11-14-24-52-25-20-41(62)55-37(15-12-13-21-49)48(67)61(4)42-34-17-19-40(69-27-23-51)36(30-34)35-28-33(16-18-39(35)68-26-22-50)29-38(56-45(64)32(3)54-47(42)66)46(65)53-31(2)43(63)44-57-59-60-58-44/h16-19,28,30-32,37-38,42,52H,5-15,20-27,29,49-51H2,1-4H3,(H,53,65)(H,54,66)(H,55,62)(H,56,64)(H,57,58,59,60)/t31-,32-,37-,38-,42-/m0/s1. The first-order chi connectivity index (χ1) is 33.3. The van der Waals surface area contributed by atoms with Crippen molar-refractivity contribution in [1.82, 2.24) is 52.1 Å². The molecule has 5 amide bonds. The number of ether oxygens (including phenoxy) is 2. The summed E-state index contributed by atoms with van der Waals surface area (Å²) in [5, 5.41) is 27.4. The van der Waals surface area contributed by atoms with Gasteiger partial charge in [-0.05, 0) is 93.2 Å². The second-order valence-electron chi connectivity index (χ2n) is 17.4. The first-order valence-electron chi connectivity index (χ1n) is 24.4. The molecule has 21 nitrogen and oxygen atoms in total. The smallest absolute Gasteiger partial charge is 0.248 e. The maximum absolute atomic E-state index is 14.7. The van der Waals surface area contributed by atoms with E-state index in [1.54, 1.807) is 36.4 Å². The Morgan fingerprint density at radius 2 is 1.48 bits per heavy atom. The highest BCUT2D eigenvalue weighted by molar-refractivity contribution is 6.00. The highest BCUT2D eigenvalue weighted by Crippen LogP contribution is 2.40. The molecule has 0 unspecified atom stereocenters. The molecule has 2 heterocycles. The number of carbonyl (C=O) groups excluding carboxylic acids is 6. The van der Waals surface area contributed by atoms with Gasteiger partial charge in [0.15, 0.2) is 0 Å². The molecule has 0 radical (unpaired) electrons. The Morgan fingerprint density at radius 3 is 2.13 bits per heavy atom. The lowest BCUT2D eigenvalue weighted by molar-refractivity contribution is -0.143. The lowest BCUT2D eigenvalue weighted by Crippen LogP contribution is -2.57. The van der Waals surface area contributed by atoms with Gasteiger partial charge in [-0.2, -0.15) is 5.21 Å². The van der Waals surface area contributed by atoms with E-state index in [4.69, 9.17) is 26.7 Å². The van der Waals surface area contributed by atoms with Crippen molar-refractivity contribution in [2.45, 2.75) is 134 Å². The van der Waals surface area contributed by atoms with E-state index in [9.17, 15) is 28.8 Å². The molecular formula is C48H75N13O8. The third-order valence-electron chi connectivity index (χ3n) is 11.8. The number of nitrogens with zero attached hydrogens (tertiary/aromatic N) is 4. The van der Waals surface area contributed by atoms with Crippen molar-refractivity contribution in [2.24, 2.45) is 17.2 Å². The van der Waals surface area contributed by atoms with E-state index in [2.05, 4.69) is 54.1 Å². The Hall–Kier alpha value is -6.03. The van der Waals surface area contributed by atoms with Crippen LogP contribution in [0.4, 0.5) is 0 Å². The molecular weight excluding hydrogens is 887 g/mol. The summed E-state index contributed by atoms with van der Waals surface area (Å²) >= 11 is 0. The van der Waals surface area contributed by atoms with Crippen LogP contribution < -0.4 is 53.3 Å². The van der Waals surface area contributed by atoms with Crippen molar-refractivity contribution >= 4 is 35.3 Å². The van der Waals surface area contributed by atoms with Crippen molar-refractivity contribution in [1.29, 1.82) is 0 Å². The van der Waals surface area contributed by atoms with Gasteiger partial charge in [-0.3, -0.25) is 28.8 Å². The number of nitrogens with one attached hydrogen (secondary N) is 6. The highest BCUT2D eigenvalue weighted by atomic mass is 16.5. The maximum atomic E-state index is 14.7. The molecule has 0 aliphatic carbocycles. The quantitative estimate of drug-likeness (QED) is 0.0353. The zero-order chi connectivity index (χ0) is 50.1. The number of tetrazole rings is 1. The van der Waals surface area contributed by atoms with E-state index in [1.807, 2.05) is 0 Å². The fraction of sp³-hybridized carbons (Fsp3) is 0.604. The number of hydrogen-bond donors (Lipinski definition) is 9. The number of carbonyl (C=O) groups is 6. The number of hydrogen-bond acceptors (Lipinski definition) is 15. The van der Waals surface area contributed by atoms with Crippen LogP contribution in [-0.2, 0) is 30.4 Å². The molecule has 380 valence electrons. The van der Waals surface area contributed by atoms with Crippen molar-refractivity contribution < 1.29 is 38.2 Å². The summed E-state index contributed by atoms with van der Waals surface area (Å²) in [7, 11) is 1.47. The van der Waals surface area contributed by atoms with Gasteiger partial charge >= 0.3 is 0 Å². The minimum atomic E-state index is -1.35. The number of H-pyrrole nitrogens is 1. The number of amides is 5. The van der Waals surface area contributed by atoms with E-state index < -0.39 is 59.6 Å². The van der Waals surface area contributed by atoms with Crippen LogP contribution >= 0.6 is 0 Å². The molecule has 0 saturated carbocycles. The van der Waals surface area contributed by atoms with Crippen molar-refractivity contribution in [3.8, 4) is 22.6 Å². The molecule has 69 heavy (non-hydrogen) atoms. The van der Waals surface area contributed by atoms with Crippen LogP contribution in [-0.4, -0.2) is 138 Å². The largest absolute Gasteiger partial charge is 0.492 e. The van der Waals surface area contributed by atoms with E-state index in [0.717, 1.165) is 19.4 Å². The topological polar surface area (TPSA) is 317 Å². The summed E-state index contributed by atoms with van der Waals surface area (Å²) in [6.07, 6.45) is 11.1. The van der Waals surface area contributed by atoms with Gasteiger partial charge in [-0.15, -0.1) is 10.2 Å². The third kappa shape index (κ3) is 17.5. The van der Waals surface area contributed by atoms with Gasteiger partial charge in [0.1, 0.15) is 48.9 Å². The average Bonchev–Trinajstić information content (AvgIpc) is 3.89. The molecule has 12 N–H and O–H groups in total. The summed E-state index contributed by atoms with van der Waals surface area (Å²) in [6, 6.07) is 4.28. The van der Waals surface area contributed by atoms with E-state index in [-0.39, 0.29) is 57.3 Å². The second-order valence-corrected chi connectivity index (χ2v) is 17.4. The predicted molar refractivity (Wildman–Crippen MR) is 261 cm³/mol. The van der Waals surface area contributed by atoms with Gasteiger partial charge in [0.25, 0.3) is 0 Å². The molecule has 4 rings (SSSR count). The zero-order valence-electron chi connectivity index (χ0n) is 40.8. The number of nitrogens with two attached hydrogens (primary N) is 3. The summed E-state index contributed by atoms with van der Waals surface area (Å²) < 4.78 is 12.3. The molecule has 4 bridgehead atoms. The molecule has 21 heteroatoms. The van der Waals surface area contributed by atoms with Crippen molar-refractivity contribution in [3.05, 3.63) is 53.3 Å². The zero-order valence-corrected chi connectivity index (χ0v) is 40.8. The third-order valence-corrected chi connectivity index (χ3v) is 11.8. The van der Waals surface area contributed by atoms with E-state index in [0.29, 0.717) is 59.7 Å². The Balaban J connectivity index is 1.68. The predicted octanol–water partition coefficient (Wildman–Crippen LogP) is 1.71. The van der Waals surface area contributed by atoms with Gasteiger partial charge in [0, 0.05) is 50.7 Å². The summed E-state index contributed by atoms with van der Waals surface area (Å²) in [5.74, 6) is -3.09. The Morgan fingerprint density at radius 1 is 0.812 bits per heavy atom. The minimum absolute atomic E-state index is 0.0589. The van der Waals surface area contributed by atoms with Crippen molar-refractivity contribution in [3.63, 3.8) is 0 Å². The van der Waals surface area contributed by atoms with Crippen LogP contribution in [0, 0.1) is 0 Å². The normalized spacial score (nSPS) is 16.8. The molecule has 1 aromatic heterocycles. The monoisotopic (exact) mass is 962 g/mol. The SMILES string of the molecule is CCCCCCCCCCNCCC(=O)N[C@@H](CCCCN)C(=O)N(C)[C@@H]1C(=O)N[C@@H](C)C(=O)N[C@H](C(=O)N[C@@H](C)C(=O)c2nn[nH]n2)Cc2ccc(OCCN)c(c2)-c2cc1ccc2OCCN. The van der Waals surface area contributed by atoms with Crippen LogP contribution in [0.1, 0.15) is 126 Å². The summed E-state index contributed by atoms with van der Waals surface area (Å²) in [5.41, 5.74) is 19.5. The number of likely N-dealkylation sites (N-methyl/N-ethyl adjacent to an activating group) is 1. The van der Waals surface area contributed by atoms with Gasteiger partial charge in [0.05, 0.1) is 6.04 Å². The lowest BCUT2D eigenvalue weighted by Gasteiger charge is -2.33. The minimum Gasteiger partial charge on any atom is -0.492 e. The molecule has 0 spiro atoms. The molecule has 3 aromatic rings. The molecule has 2 aromatic carbocycles. The Labute approximate surface area is 405 Å². The molecule has 0 saturated heterocycles. The fourth-order valence-electron chi connectivity index (χ4n) is 8.02. The number of unbranched alkanes of at least 4 members (excludes halogenated alkanes) is 8. The van der Waals surface area contributed by atoms with Crippen LogP contribution in [0.2, 0.25) is 0 Å². The summed E-state index contributed by atoms with van der Waals surface area (Å²) in [4.78, 5) is 85.0. The first kappa shape index (κ1) is 55.6. The first-order valence-corrected chi connectivity index (χ1v) is 24.4. The van der Waals surface area contributed by atoms with Gasteiger partial charge in [-0.25, -0.2) is 0 Å². The number of ketones is 1. The Kier molecular flexibility index (Phi) is 24.0. The van der Waals surface area contributed by atoms with E-state index in [1.165, 1.54) is 64.3 Å².